The molecule has 1 atom stereocenters. The summed E-state index contributed by atoms with van der Waals surface area (Å²) in [4.78, 5) is 14.9. The summed E-state index contributed by atoms with van der Waals surface area (Å²) >= 11 is 0. The van der Waals surface area contributed by atoms with Crippen LogP contribution < -0.4 is 4.74 Å². The van der Waals surface area contributed by atoms with Crippen molar-refractivity contribution in [1.82, 2.24) is 4.90 Å². The third-order valence-corrected chi connectivity index (χ3v) is 6.10. The Morgan fingerprint density at radius 1 is 1.09 bits per heavy atom. The Morgan fingerprint density at radius 2 is 1.82 bits per heavy atom. The molecule has 33 heavy (non-hydrogen) atoms. The lowest BCUT2D eigenvalue weighted by molar-refractivity contribution is -0.145. The summed E-state index contributed by atoms with van der Waals surface area (Å²) in [5.74, 6) is 0.251. The van der Waals surface area contributed by atoms with E-state index in [2.05, 4.69) is 23.1 Å². The van der Waals surface area contributed by atoms with Gasteiger partial charge in [-0.05, 0) is 73.7 Å². The lowest BCUT2D eigenvalue weighted by Crippen LogP contribution is -2.37. The molecular weight excluding hydrogens is 420 g/mol. The molecule has 0 aromatic heterocycles. The molecule has 2 aromatic rings. The van der Waals surface area contributed by atoms with Crippen molar-refractivity contribution >= 4 is 5.97 Å². The number of likely N-dealkylation sites (N-methyl/N-ethyl adjacent to an activating group) is 1. The molecule has 1 unspecified atom stereocenters. The monoisotopic (exact) mass is 454 g/mol. The molecule has 2 rings (SSSR count). The van der Waals surface area contributed by atoms with Crippen LogP contribution in [0.25, 0.3) is 0 Å². The van der Waals surface area contributed by atoms with Gasteiger partial charge in [-0.1, -0.05) is 30.3 Å². The SMILES string of the molecule is COC(=O)C(C#N)(CCCN(C)CCc1ccc(OC)c(C)c1)c1ccc(CO)c(CO)c1. The number of hydrogen-bond acceptors (Lipinski definition) is 7. The fourth-order valence-electron chi connectivity index (χ4n) is 4.04. The highest BCUT2D eigenvalue weighted by molar-refractivity contribution is 5.86. The zero-order valence-electron chi connectivity index (χ0n) is 19.9. The highest BCUT2D eigenvalue weighted by atomic mass is 16.5. The Balaban J connectivity index is 2.07. The van der Waals surface area contributed by atoms with E-state index in [4.69, 9.17) is 9.47 Å². The Kier molecular flexibility index (Phi) is 9.86. The first-order chi connectivity index (χ1) is 15.8. The van der Waals surface area contributed by atoms with Gasteiger partial charge >= 0.3 is 5.97 Å². The fourth-order valence-corrected chi connectivity index (χ4v) is 4.04. The molecule has 2 aromatic carbocycles. The number of esters is 1. The average molecular weight is 455 g/mol. The Bertz CT molecular complexity index is 985. The quantitative estimate of drug-likeness (QED) is 0.475. The van der Waals surface area contributed by atoms with Crippen molar-refractivity contribution in [2.24, 2.45) is 0 Å². The zero-order valence-corrected chi connectivity index (χ0v) is 19.9. The number of nitrogens with zero attached hydrogens (tertiary/aromatic N) is 2. The summed E-state index contributed by atoms with van der Waals surface area (Å²) in [5, 5.41) is 29.1. The van der Waals surface area contributed by atoms with E-state index in [1.54, 1.807) is 25.3 Å². The second-order valence-electron chi connectivity index (χ2n) is 8.27. The van der Waals surface area contributed by atoms with Gasteiger partial charge in [-0.3, -0.25) is 0 Å². The number of aliphatic hydroxyl groups is 2. The molecule has 0 bridgehead atoms. The minimum atomic E-state index is -1.47. The van der Waals surface area contributed by atoms with Gasteiger partial charge in [-0.2, -0.15) is 5.26 Å². The van der Waals surface area contributed by atoms with E-state index in [0.29, 0.717) is 29.7 Å². The number of nitriles is 1. The van der Waals surface area contributed by atoms with Crippen molar-refractivity contribution < 1.29 is 24.5 Å². The summed E-state index contributed by atoms with van der Waals surface area (Å²) in [5.41, 5.74) is 2.37. The van der Waals surface area contributed by atoms with Crippen molar-refractivity contribution in [3.05, 3.63) is 64.2 Å². The molecule has 7 heteroatoms. The predicted molar refractivity (Wildman–Crippen MR) is 126 cm³/mol. The third-order valence-electron chi connectivity index (χ3n) is 6.10. The molecule has 0 aliphatic carbocycles. The van der Waals surface area contributed by atoms with Crippen LogP contribution in [0.3, 0.4) is 0 Å². The number of hydrogen-bond donors (Lipinski definition) is 2. The van der Waals surface area contributed by atoms with E-state index in [1.807, 2.05) is 20.0 Å². The summed E-state index contributed by atoms with van der Waals surface area (Å²) < 4.78 is 10.3. The molecule has 2 N–H and O–H groups in total. The van der Waals surface area contributed by atoms with Crippen molar-refractivity contribution in [3.63, 3.8) is 0 Å². The second kappa shape index (κ2) is 12.4. The molecule has 0 aliphatic heterocycles. The molecule has 0 saturated carbocycles. The minimum Gasteiger partial charge on any atom is -0.496 e. The van der Waals surface area contributed by atoms with Crippen molar-refractivity contribution in [2.75, 3.05) is 34.4 Å². The van der Waals surface area contributed by atoms with Crippen LogP contribution in [0.4, 0.5) is 0 Å². The molecule has 0 heterocycles. The number of methoxy groups -OCH3 is 2. The highest BCUT2D eigenvalue weighted by Crippen LogP contribution is 2.32. The molecule has 0 fully saturated rings. The van der Waals surface area contributed by atoms with Gasteiger partial charge in [0.1, 0.15) is 5.75 Å². The number of rotatable bonds is 12. The van der Waals surface area contributed by atoms with Crippen LogP contribution >= 0.6 is 0 Å². The molecule has 0 spiro atoms. The number of carbonyl (C=O) groups excluding carboxylic acids is 1. The first-order valence-corrected chi connectivity index (χ1v) is 11.0. The fraction of sp³-hybridized carbons (Fsp3) is 0.462. The van der Waals surface area contributed by atoms with Crippen molar-refractivity contribution in [3.8, 4) is 11.8 Å². The van der Waals surface area contributed by atoms with Gasteiger partial charge in [0, 0.05) is 6.54 Å². The van der Waals surface area contributed by atoms with E-state index in [-0.39, 0.29) is 19.6 Å². The van der Waals surface area contributed by atoms with Crippen LogP contribution in [0.2, 0.25) is 0 Å². The van der Waals surface area contributed by atoms with Crippen LogP contribution in [0.15, 0.2) is 36.4 Å². The highest BCUT2D eigenvalue weighted by Gasteiger charge is 2.42. The van der Waals surface area contributed by atoms with Crippen LogP contribution in [-0.2, 0) is 34.6 Å². The summed E-state index contributed by atoms with van der Waals surface area (Å²) in [6.45, 7) is 3.04. The number of benzene rings is 2. The van der Waals surface area contributed by atoms with Gasteiger partial charge < -0.3 is 24.6 Å². The van der Waals surface area contributed by atoms with Crippen molar-refractivity contribution in [2.45, 2.75) is 44.8 Å². The van der Waals surface area contributed by atoms with Gasteiger partial charge in [0.2, 0.25) is 0 Å². The average Bonchev–Trinajstić information content (AvgIpc) is 2.84. The van der Waals surface area contributed by atoms with E-state index < -0.39 is 11.4 Å². The predicted octanol–water partition coefficient (Wildman–Crippen LogP) is 2.88. The molecule has 0 amide bonds. The Hall–Kier alpha value is -2.92. The smallest absolute Gasteiger partial charge is 0.330 e. The van der Waals surface area contributed by atoms with Gasteiger partial charge in [0.25, 0.3) is 0 Å². The Morgan fingerprint density at radius 3 is 2.39 bits per heavy atom. The van der Waals surface area contributed by atoms with Gasteiger partial charge in [0.05, 0.1) is 33.5 Å². The number of carbonyl (C=O) groups is 1. The molecule has 0 saturated heterocycles. The second-order valence-corrected chi connectivity index (χ2v) is 8.27. The van der Waals surface area contributed by atoms with Crippen LogP contribution in [0, 0.1) is 18.3 Å². The number of aliphatic hydroxyl groups excluding tert-OH is 2. The van der Waals surface area contributed by atoms with Gasteiger partial charge in [0.15, 0.2) is 5.41 Å². The lowest BCUT2D eigenvalue weighted by atomic mass is 9.77. The van der Waals surface area contributed by atoms with Crippen LogP contribution in [0.1, 0.15) is 40.7 Å². The summed E-state index contributed by atoms with van der Waals surface area (Å²) in [7, 11) is 4.95. The first kappa shape index (κ1) is 26.3. The van der Waals surface area contributed by atoms with Crippen molar-refractivity contribution in [1.29, 1.82) is 5.26 Å². The van der Waals surface area contributed by atoms with E-state index in [1.165, 1.54) is 12.7 Å². The number of aryl methyl sites for hydroxylation is 1. The standard InChI is InChI=1S/C26H34N2O5/c1-19-14-20(6-9-24(19)32-3)10-13-28(2)12-5-11-26(18-27,25(31)33-4)23-8-7-21(16-29)22(15-23)17-30/h6-9,14-15,29-30H,5,10-13,16-17H2,1-4H3. The van der Waals surface area contributed by atoms with Gasteiger partial charge in [-0.15, -0.1) is 0 Å². The molecular formula is C26H34N2O5. The normalized spacial score (nSPS) is 12.8. The first-order valence-electron chi connectivity index (χ1n) is 11.0. The largest absolute Gasteiger partial charge is 0.496 e. The topological polar surface area (TPSA) is 103 Å². The maximum Gasteiger partial charge on any atom is 0.330 e. The molecule has 0 radical (unpaired) electrons. The van der Waals surface area contributed by atoms with Gasteiger partial charge in [-0.25, -0.2) is 4.79 Å². The molecule has 7 nitrogen and oxygen atoms in total. The van der Waals surface area contributed by atoms with E-state index >= 15 is 0 Å². The van der Waals surface area contributed by atoms with Crippen LogP contribution in [0.5, 0.6) is 5.75 Å². The third kappa shape index (κ3) is 6.32. The minimum absolute atomic E-state index is 0.230. The van der Waals surface area contributed by atoms with E-state index in [0.717, 1.165) is 24.3 Å². The molecule has 0 aliphatic rings. The summed E-state index contributed by atoms with van der Waals surface area (Å²) in [6.07, 6.45) is 1.77. The van der Waals surface area contributed by atoms with Crippen LogP contribution in [-0.4, -0.2) is 55.4 Å². The summed E-state index contributed by atoms with van der Waals surface area (Å²) in [6, 6.07) is 13.2. The van der Waals surface area contributed by atoms with E-state index in [9.17, 15) is 20.3 Å². The Labute approximate surface area is 196 Å². The zero-order chi connectivity index (χ0) is 24.4. The maximum atomic E-state index is 12.7. The lowest BCUT2D eigenvalue weighted by Gasteiger charge is -2.26. The number of ether oxygens (including phenoxy) is 2. The molecule has 178 valence electrons. The maximum absolute atomic E-state index is 12.7.